The fourth-order valence-corrected chi connectivity index (χ4v) is 2.01. The van der Waals surface area contributed by atoms with Crippen LogP contribution in [-0.4, -0.2) is 18.9 Å². The van der Waals surface area contributed by atoms with Crippen LogP contribution in [0.25, 0.3) is 0 Å². The van der Waals surface area contributed by atoms with Crippen LogP contribution in [0.1, 0.15) is 29.6 Å². The summed E-state index contributed by atoms with van der Waals surface area (Å²) in [6.07, 6.45) is 2.86. The van der Waals surface area contributed by atoms with Crippen molar-refractivity contribution in [1.29, 1.82) is 0 Å². The van der Waals surface area contributed by atoms with Gasteiger partial charge < -0.3 is 0 Å². The molecule has 1 saturated heterocycles. The van der Waals surface area contributed by atoms with Crippen molar-refractivity contribution in [2.75, 3.05) is 13.1 Å². The van der Waals surface area contributed by atoms with Gasteiger partial charge in [-0.15, -0.1) is 0 Å². The molecular formula is C13H16NO. The number of nitrogens with zero attached hydrogens (tertiary/aromatic N) is 1. The second-order valence-corrected chi connectivity index (χ2v) is 4.11. The molecule has 0 saturated carbocycles. The third-order valence-corrected chi connectivity index (χ3v) is 2.96. The molecule has 0 aromatic heterocycles. The van der Waals surface area contributed by atoms with Gasteiger partial charge in [0.05, 0.1) is 0 Å². The Kier molecular flexibility index (Phi) is 3.51. The molecule has 1 heterocycles. The number of carbonyl (C=O) groups is 1. The van der Waals surface area contributed by atoms with Gasteiger partial charge in [-0.25, -0.2) is 5.32 Å². The summed E-state index contributed by atoms with van der Waals surface area (Å²) in [7, 11) is 0. The normalized spacial score (nSPS) is 17.6. The second-order valence-electron chi connectivity index (χ2n) is 4.11. The molecular weight excluding hydrogens is 186 g/mol. The highest BCUT2D eigenvalue weighted by molar-refractivity contribution is 5.96. The lowest BCUT2D eigenvalue weighted by Gasteiger charge is -2.20. The van der Waals surface area contributed by atoms with E-state index in [2.05, 4.69) is 5.32 Å². The maximum absolute atomic E-state index is 11.9. The number of piperidine rings is 1. The SMILES string of the molecule is O=C(CC1CC[N]CC1)c1ccccc1. The van der Waals surface area contributed by atoms with Crippen LogP contribution >= 0.6 is 0 Å². The molecule has 0 spiro atoms. The average molecular weight is 202 g/mol. The Morgan fingerprint density at radius 3 is 2.53 bits per heavy atom. The van der Waals surface area contributed by atoms with E-state index in [1.54, 1.807) is 0 Å². The standard InChI is InChI=1S/C13H16NO/c15-13(12-4-2-1-3-5-12)10-11-6-8-14-9-7-11/h1-5,11H,6-10H2. The fraction of sp³-hybridized carbons (Fsp3) is 0.462. The summed E-state index contributed by atoms with van der Waals surface area (Å²) < 4.78 is 0. The van der Waals surface area contributed by atoms with Crippen molar-refractivity contribution in [3.05, 3.63) is 35.9 Å². The predicted molar refractivity (Wildman–Crippen MR) is 60.0 cm³/mol. The van der Waals surface area contributed by atoms with E-state index < -0.39 is 0 Å². The summed E-state index contributed by atoms with van der Waals surface area (Å²) in [5.74, 6) is 0.831. The number of ketones is 1. The van der Waals surface area contributed by atoms with E-state index >= 15 is 0 Å². The average Bonchev–Trinajstić information content (AvgIpc) is 2.31. The van der Waals surface area contributed by atoms with Crippen LogP contribution in [-0.2, 0) is 0 Å². The first-order valence-electron chi connectivity index (χ1n) is 5.58. The number of Topliss-reactive ketones (excluding diaryl/α,β-unsaturated/α-hetero) is 1. The topological polar surface area (TPSA) is 31.2 Å². The van der Waals surface area contributed by atoms with Crippen molar-refractivity contribution in [2.45, 2.75) is 19.3 Å². The maximum Gasteiger partial charge on any atom is 0.163 e. The van der Waals surface area contributed by atoms with Crippen molar-refractivity contribution in [2.24, 2.45) is 5.92 Å². The summed E-state index contributed by atoms with van der Waals surface area (Å²) in [6.45, 7) is 1.87. The van der Waals surface area contributed by atoms with E-state index in [0.29, 0.717) is 12.3 Å². The van der Waals surface area contributed by atoms with Crippen molar-refractivity contribution in [3.8, 4) is 0 Å². The molecule has 1 radical (unpaired) electrons. The van der Waals surface area contributed by atoms with Crippen molar-refractivity contribution >= 4 is 5.78 Å². The summed E-state index contributed by atoms with van der Waals surface area (Å²) in [5.41, 5.74) is 0.847. The van der Waals surface area contributed by atoms with Gasteiger partial charge in [0.15, 0.2) is 5.78 Å². The van der Waals surface area contributed by atoms with Crippen LogP contribution in [0.3, 0.4) is 0 Å². The molecule has 0 unspecified atom stereocenters. The second kappa shape index (κ2) is 5.08. The highest BCUT2D eigenvalue weighted by Gasteiger charge is 2.17. The van der Waals surface area contributed by atoms with Crippen LogP contribution in [0.4, 0.5) is 0 Å². The Balaban J connectivity index is 1.91. The third kappa shape index (κ3) is 2.90. The highest BCUT2D eigenvalue weighted by atomic mass is 16.1. The first-order chi connectivity index (χ1) is 7.36. The van der Waals surface area contributed by atoms with Crippen molar-refractivity contribution in [1.82, 2.24) is 5.32 Å². The van der Waals surface area contributed by atoms with Gasteiger partial charge in [-0.3, -0.25) is 4.79 Å². The van der Waals surface area contributed by atoms with Crippen molar-refractivity contribution < 1.29 is 4.79 Å². The van der Waals surface area contributed by atoms with E-state index in [4.69, 9.17) is 0 Å². The molecule has 2 nitrogen and oxygen atoms in total. The minimum atomic E-state index is 0.280. The van der Waals surface area contributed by atoms with Crippen LogP contribution in [0.15, 0.2) is 30.3 Å². The molecule has 0 aliphatic carbocycles. The molecule has 1 aromatic rings. The molecule has 1 aromatic carbocycles. The zero-order valence-corrected chi connectivity index (χ0v) is 8.86. The van der Waals surface area contributed by atoms with Gasteiger partial charge in [0.2, 0.25) is 0 Å². The summed E-state index contributed by atoms with van der Waals surface area (Å²) in [6, 6.07) is 9.58. The lowest BCUT2D eigenvalue weighted by molar-refractivity contribution is 0.0952. The Morgan fingerprint density at radius 2 is 1.87 bits per heavy atom. The summed E-state index contributed by atoms with van der Waals surface area (Å²) >= 11 is 0. The highest BCUT2D eigenvalue weighted by Crippen LogP contribution is 2.19. The van der Waals surface area contributed by atoms with Crippen LogP contribution < -0.4 is 5.32 Å². The third-order valence-electron chi connectivity index (χ3n) is 2.96. The first kappa shape index (κ1) is 10.4. The molecule has 1 fully saturated rings. The minimum Gasteiger partial charge on any atom is -0.294 e. The number of benzene rings is 1. The van der Waals surface area contributed by atoms with E-state index in [1.807, 2.05) is 30.3 Å². The Hall–Kier alpha value is -1.15. The number of hydrogen-bond acceptors (Lipinski definition) is 1. The predicted octanol–water partition coefficient (Wildman–Crippen LogP) is 2.27. The van der Waals surface area contributed by atoms with Crippen LogP contribution in [0.2, 0.25) is 0 Å². The molecule has 2 heteroatoms. The molecule has 15 heavy (non-hydrogen) atoms. The van der Waals surface area contributed by atoms with E-state index in [1.165, 1.54) is 0 Å². The summed E-state index contributed by atoms with van der Waals surface area (Å²) in [4.78, 5) is 11.9. The van der Waals surface area contributed by atoms with E-state index in [9.17, 15) is 4.79 Å². The molecule has 0 atom stereocenters. The van der Waals surface area contributed by atoms with E-state index in [0.717, 1.165) is 31.5 Å². The number of hydrogen-bond donors (Lipinski definition) is 0. The van der Waals surface area contributed by atoms with E-state index in [-0.39, 0.29) is 5.78 Å². The number of carbonyl (C=O) groups excluding carboxylic acids is 1. The van der Waals surface area contributed by atoms with Crippen molar-refractivity contribution in [3.63, 3.8) is 0 Å². The molecule has 79 valence electrons. The molecule has 2 rings (SSSR count). The van der Waals surface area contributed by atoms with Gasteiger partial charge in [0.1, 0.15) is 0 Å². The van der Waals surface area contributed by atoms with Gasteiger partial charge in [0, 0.05) is 25.1 Å². The fourth-order valence-electron chi connectivity index (χ4n) is 2.01. The largest absolute Gasteiger partial charge is 0.294 e. The summed E-state index contributed by atoms with van der Waals surface area (Å²) in [5, 5.41) is 4.30. The molecule has 0 N–H and O–H groups in total. The van der Waals surface area contributed by atoms with Gasteiger partial charge in [-0.1, -0.05) is 30.3 Å². The van der Waals surface area contributed by atoms with Gasteiger partial charge in [-0.05, 0) is 18.8 Å². The Morgan fingerprint density at radius 1 is 1.20 bits per heavy atom. The quantitative estimate of drug-likeness (QED) is 0.692. The van der Waals surface area contributed by atoms with Gasteiger partial charge in [-0.2, -0.15) is 0 Å². The first-order valence-corrected chi connectivity index (χ1v) is 5.58. The zero-order chi connectivity index (χ0) is 10.5. The maximum atomic E-state index is 11.9. The lowest BCUT2D eigenvalue weighted by Crippen LogP contribution is -2.24. The zero-order valence-electron chi connectivity index (χ0n) is 8.86. The Bertz CT molecular complexity index is 315. The lowest BCUT2D eigenvalue weighted by atomic mass is 9.91. The minimum absolute atomic E-state index is 0.280. The van der Waals surface area contributed by atoms with Gasteiger partial charge in [0.25, 0.3) is 0 Å². The molecule has 1 aliphatic rings. The monoisotopic (exact) mass is 202 g/mol. The van der Waals surface area contributed by atoms with Crippen LogP contribution in [0.5, 0.6) is 0 Å². The van der Waals surface area contributed by atoms with Gasteiger partial charge >= 0.3 is 0 Å². The Labute approximate surface area is 90.7 Å². The number of rotatable bonds is 3. The molecule has 0 amide bonds. The smallest absolute Gasteiger partial charge is 0.163 e. The van der Waals surface area contributed by atoms with Crippen LogP contribution in [0, 0.1) is 5.92 Å². The molecule has 0 bridgehead atoms. The molecule has 1 aliphatic heterocycles.